The molecule has 0 atom stereocenters. The van der Waals surface area contributed by atoms with Crippen LogP contribution < -0.4 is 5.32 Å². The maximum Gasteiger partial charge on any atom is 0.325 e. The SMILES string of the molecule is CN(C)C(=O)c1ccccc1-c1ccc(C(=O)CN2C(=O)NC3(CCC(F)(F)CC3)C2=O)cc1. The Morgan fingerprint density at radius 2 is 1.59 bits per heavy atom. The Kier molecular flexibility index (Phi) is 5.97. The number of alkyl halides is 2. The average molecular weight is 469 g/mol. The van der Waals surface area contributed by atoms with E-state index in [0.29, 0.717) is 11.1 Å². The van der Waals surface area contributed by atoms with E-state index in [9.17, 15) is 28.0 Å². The molecule has 0 unspecified atom stereocenters. The van der Waals surface area contributed by atoms with Gasteiger partial charge in [0.2, 0.25) is 5.92 Å². The van der Waals surface area contributed by atoms with E-state index in [0.717, 1.165) is 10.5 Å². The van der Waals surface area contributed by atoms with Crippen LogP contribution in [-0.2, 0) is 4.79 Å². The molecule has 1 saturated carbocycles. The van der Waals surface area contributed by atoms with Gasteiger partial charge in [-0.05, 0) is 30.0 Å². The molecule has 1 heterocycles. The molecule has 2 fully saturated rings. The Bertz CT molecular complexity index is 1150. The number of ketones is 1. The molecule has 2 aromatic rings. The first kappa shape index (κ1) is 23.5. The summed E-state index contributed by atoms with van der Waals surface area (Å²) in [6.45, 7) is -0.474. The number of carbonyl (C=O) groups excluding carboxylic acids is 4. The lowest BCUT2D eigenvalue weighted by molar-refractivity contribution is -0.135. The quantitative estimate of drug-likeness (QED) is 0.534. The molecule has 4 amide bonds. The van der Waals surface area contributed by atoms with E-state index >= 15 is 0 Å². The lowest BCUT2D eigenvalue weighted by Crippen LogP contribution is -2.51. The van der Waals surface area contributed by atoms with Gasteiger partial charge in [-0.25, -0.2) is 13.6 Å². The van der Waals surface area contributed by atoms with Crippen LogP contribution in [0.15, 0.2) is 48.5 Å². The molecule has 1 saturated heterocycles. The van der Waals surface area contributed by atoms with E-state index in [-0.39, 0.29) is 24.3 Å². The average Bonchev–Trinajstić information content (AvgIpc) is 3.05. The van der Waals surface area contributed by atoms with Crippen LogP contribution in [0, 0.1) is 0 Å². The molecule has 0 bridgehead atoms. The normalized spacial score (nSPS) is 18.6. The minimum atomic E-state index is -2.85. The van der Waals surface area contributed by atoms with Crippen LogP contribution >= 0.6 is 0 Å². The second-order valence-corrected chi connectivity index (χ2v) is 9.01. The minimum absolute atomic E-state index is 0.149. The monoisotopic (exact) mass is 469 g/mol. The van der Waals surface area contributed by atoms with Gasteiger partial charge in [0.15, 0.2) is 5.78 Å². The lowest BCUT2D eigenvalue weighted by atomic mass is 9.80. The number of nitrogens with zero attached hydrogens (tertiary/aromatic N) is 2. The third-order valence-corrected chi connectivity index (χ3v) is 6.46. The van der Waals surface area contributed by atoms with E-state index in [2.05, 4.69) is 5.32 Å². The number of halogens is 2. The summed E-state index contributed by atoms with van der Waals surface area (Å²) in [5.41, 5.74) is 0.905. The van der Waals surface area contributed by atoms with Gasteiger partial charge in [-0.3, -0.25) is 19.3 Å². The molecule has 1 spiro atoms. The summed E-state index contributed by atoms with van der Waals surface area (Å²) < 4.78 is 27.1. The van der Waals surface area contributed by atoms with Crippen LogP contribution in [0.3, 0.4) is 0 Å². The fourth-order valence-corrected chi connectivity index (χ4v) is 4.43. The molecule has 0 aromatic heterocycles. The molecule has 2 aliphatic rings. The Labute approximate surface area is 195 Å². The molecule has 1 aliphatic carbocycles. The molecule has 178 valence electrons. The molecular formula is C25H25F2N3O4. The molecule has 1 aliphatic heterocycles. The number of rotatable bonds is 5. The smallest absolute Gasteiger partial charge is 0.325 e. The molecule has 1 N–H and O–H groups in total. The Morgan fingerprint density at radius 3 is 2.21 bits per heavy atom. The first-order valence-corrected chi connectivity index (χ1v) is 11.0. The van der Waals surface area contributed by atoms with Gasteiger partial charge in [-0.1, -0.05) is 42.5 Å². The van der Waals surface area contributed by atoms with Crippen molar-refractivity contribution in [2.75, 3.05) is 20.6 Å². The highest BCUT2D eigenvalue weighted by atomic mass is 19.3. The van der Waals surface area contributed by atoms with Gasteiger partial charge in [-0.15, -0.1) is 0 Å². The predicted molar refractivity (Wildman–Crippen MR) is 121 cm³/mol. The summed E-state index contributed by atoms with van der Waals surface area (Å²) in [7, 11) is 3.33. The summed E-state index contributed by atoms with van der Waals surface area (Å²) in [5, 5.41) is 2.54. The van der Waals surface area contributed by atoms with Crippen molar-refractivity contribution in [3.05, 3.63) is 59.7 Å². The molecule has 4 rings (SSSR count). The van der Waals surface area contributed by atoms with E-state index < -0.39 is 48.6 Å². The predicted octanol–water partition coefficient (Wildman–Crippen LogP) is 3.74. The number of Topliss-reactive ketones (excluding diaryl/α,β-unsaturated/α-hetero) is 1. The van der Waals surface area contributed by atoms with Gasteiger partial charge in [0.1, 0.15) is 5.54 Å². The van der Waals surface area contributed by atoms with E-state index in [1.54, 1.807) is 50.5 Å². The van der Waals surface area contributed by atoms with Gasteiger partial charge in [0.25, 0.3) is 11.8 Å². The van der Waals surface area contributed by atoms with Crippen molar-refractivity contribution in [1.29, 1.82) is 0 Å². The van der Waals surface area contributed by atoms with Crippen LogP contribution in [0.25, 0.3) is 11.1 Å². The Morgan fingerprint density at radius 1 is 0.971 bits per heavy atom. The van der Waals surface area contributed by atoms with Crippen LogP contribution in [0.2, 0.25) is 0 Å². The number of benzene rings is 2. The highest BCUT2D eigenvalue weighted by molar-refractivity contribution is 6.11. The molecular weight excluding hydrogens is 444 g/mol. The van der Waals surface area contributed by atoms with Crippen molar-refractivity contribution in [1.82, 2.24) is 15.1 Å². The maximum atomic E-state index is 13.5. The van der Waals surface area contributed by atoms with Gasteiger partial charge >= 0.3 is 6.03 Å². The summed E-state index contributed by atoms with van der Waals surface area (Å²) in [4.78, 5) is 52.9. The van der Waals surface area contributed by atoms with Crippen molar-refractivity contribution in [2.24, 2.45) is 0 Å². The molecule has 34 heavy (non-hydrogen) atoms. The number of nitrogens with one attached hydrogen (secondary N) is 1. The van der Waals surface area contributed by atoms with E-state index in [4.69, 9.17) is 0 Å². The maximum absolute atomic E-state index is 13.5. The van der Waals surface area contributed by atoms with Crippen molar-refractivity contribution in [3.63, 3.8) is 0 Å². The van der Waals surface area contributed by atoms with E-state index in [1.165, 1.54) is 4.90 Å². The second-order valence-electron chi connectivity index (χ2n) is 9.01. The fraction of sp³-hybridized carbons (Fsp3) is 0.360. The summed E-state index contributed by atoms with van der Waals surface area (Å²) in [6.07, 6.45) is -1.29. The van der Waals surface area contributed by atoms with Crippen LogP contribution in [0.4, 0.5) is 13.6 Å². The van der Waals surface area contributed by atoms with Crippen molar-refractivity contribution in [3.8, 4) is 11.1 Å². The Hall–Kier alpha value is -3.62. The summed E-state index contributed by atoms with van der Waals surface area (Å²) >= 11 is 0. The van der Waals surface area contributed by atoms with Gasteiger partial charge in [0.05, 0.1) is 6.54 Å². The number of hydrogen-bond acceptors (Lipinski definition) is 4. The van der Waals surface area contributed by atoms with Crippen LogP contribution in [0.5, 0.6) is 0 Å². The minimum Gasteiger partial charge on any atom is -0.345 e. The largest absolute Gasteiger partial charge is 0.345 e. The first-order chi connectivity index (χ1) is 16.0. The fourth-order valence-electron chi connectivity index (χ4n) is 4.43. The molecule has 0 radical (unpaired) electrons. The van der Waals surface area contributed by atoms with Crippen LogP contribution in [0.1, 0.15) is 46.4 Å². The number of imide groups is 1. The first-order valence-electron chi connectivity index (χ1n) is 11.0. The Balaban J connectivity index is 1.49. The van der Waals surface area contributed by atoms with Crippen molar-refractivity contribution in [2.45, 2.75) is 37.1 Å². The lowest BCUT2D eigenvalue weighted by Gasteiger charge is -2.34. The zero-order valence-electron chi connectivity index (χ0n) is 18.9. The van der Waals surface area contributed by atoms with Gasteiger partial charge in [-0.2, -0.15) is 0 Å². The summed E-state index contributed by atoms with van der Waals surface area (Å²) in [6, 6.07) is 12.9. The van der Waals surface area contributed by atoms with Gasteiger partial charge < -0.3 is 10.2 Å². The third-order valence-electron chi connectivity index (χ3n) is 6.46. The highest BCUT2D eigenvalue weighted by Crippen LogP contribution is 2.41. The zero-order chi connectivity index (χ0) is 24.7. The van der Waals surface area contributed by atoms with Crippen molar-refractivity contribution >= 4 is 23.6 Å². The molecule has 2 aromatic carbocycles. The van der Waals surface area contributed by atoms with Crippen LogP contribution in [-0.4, -0.2) is 65.5 Å². The third kappa shape index (κ3) is 4.30. The van der Waals surface area contributed by atoms with Gasteiger partial charge in [0, 0.05) is 38.1 Å². The second kappa shape index (κ2) is 8.62. The van der Waals surface area contributed by atoms with E-state index in [1.807, 2.05) is 12.1 Å². The highest BCUT2D eigenvalue weighted by Gasteiger charge is 2.55. The number of carbonyl (C=O) groups is 4. The zero-order valence-corrected chi connectivity index (χ0v) is 18.9. The number of hydrogen-bond donors (Lipinski definition) is 1. The topological polar surface area (TPSA) is 86.8 Å². The standard InChI is InChI=1S/C25H25F2N3O4/c1-29(2)21(32)19-6-4-3-5-18(19)16-7-9-17(10-8-16)20(31)15-30-22(33)24(28-23(30)34)11-13-25(26,27)14-12-24/h3-10H,11-15H2,1-2H3,(H,28,34). The summed E-state index contributed by atoms with van der Waals surface area (Å²) in [5.74, 6) is -4.08. The molecule has 7 nitrogen and oxygen atoms in total. The number of urea groups is 1. The molecule has 9 heteroatoms. The number of amides is 4. The van der Waals surface area contributed by atoms with Crippen molar-refractivity contribution < 1.29 is 28.0 Å².